The highest BCUT2D eigenvalue weighted by atomic mass is 35.5. The van der Waals surface area contributed by atoms with E-state index >= 15 is 0 Å². The third kappa shape index (κ3) is 5.03. The van der Waals surface area contributed by atoms with E-state index in [9.17, 15) is 9.59 Å². The first kappa shape index (κ1) is 22.6. The van der Waals surface area contributed by atoms with E-state index in [0.29, 0.717) is 38.6 Å². The zero-order chi connectivity index (χ0) is 24.2. The minimum atomic E-state index is -0.454. The van der Waals surface area contributed by atoms with Crippen LogP contribution in [0.5, 0.6) is 0 Å². The number of thiazole rings is 1. The molecular weight excluding hydrogens is 482 g/mol. The Balaban J connectivity index is 1.30. The number of pyridine rings is 2. The number of nitrogens with zero attached hydrogens (tertiary/aromatic N) is 3. The van der Waals surface area contributed by atoms with Crippen molar-refractivity contribution in [3.8, 4) is 22.0 Å². The van der Waals surface area contributed by atoms with Gasteiger partial charge < -0.3 is 0 Å². The summed E-state index contributed by atoms with van der Waals surface area (Å²) in [6.45, 7) is 0. The van der Waals surface area contributed by atoms with Gasteiger partial charge in [-0.2, -0.15) is 0 Å². The number of hydrogen-bond acceptors (Lipinski definition) is 6. The van der Waals surface area contributed by atoms with Crippen molar-refractivity contribution in [1.29, 1.82) is 0 Å². The lowest BCUT2D eigenvalue weighted by Crippen LogP contribution is -2.42. The summed E-state index contributed by atoms with van der Waals surface area (Å²) < 4.78 is 0. The van der Waals surface area contributed by atoms with Crippen molar-refractivity contribution in [3.63, 3.8) is 0 Å². The number of rotatable bonds is 5. The summed E-state index contributed by atoms with van der Waals surface area (Å²) in [6, 6.07) is 21.9. The lowest BCUT2D eigenvalue weighted by Gasteiger charge is -2.11. The van der Waals surface area contributed by atoms with Crippen LogP contribution in [0.1, 0.15) is 16.1 Å². The second-order valence-electron chi connectivity index (χ2n) is 7.59. The molecule has 0 unspecified atom stereocenters. The molecule has 3 heterocycles. The summed E-state index contributed by atoms with van der Waals surface area (Å²) in [4.78, 5) is 39.0. The van der Waals surface area contributed by atoms with Gasteiger partial charge in [-0.3, -0.25) is 25.4 Å². The molecule has 5 rings (SSSR count). The van der Waals surface area contributed by atoms with Crippen LogP contribution in [-0.2, 0) is 11.2 Å². The second-order valence-corrected chi connectivity index (χ2v) is 8.86. The molecule has 0 saturated carbocycles. The Morgan fingerprint density at radius 1 is 0.886 bits per heavy atom. The van der Waals surface area contributed by atoms with Crippen LogP contribution in [0.3, 0.4) is 0 Å². The van der Waals surface area contributed by atoms with Crippen LogP contribution in [0.15, 0.2) is 84.4 Å². The predicted octanol–water partition coefficient (Wildman–Crippen LogP) is 5.08. The Morgan fingerprint density at radius 3 is 2.51 bits per heavy atom. The van der Waals surface area contributed by atoms with Gasteiger partial charge in [0.1, 0.15) is 5.01 Å². The molecule has 0 bridgehead atoms. The minimum Gasteiger partial charge on any atom is -0.273 e. The SMILES string of the molecule is O=C(Cc1csc(-c2ccccc2Cl)n1)NNC(=O)c1cc(-c2ccccn2)nc2ccccc12. The fraction of sp³-hybridized carbons (Fsp3) is 0.0385. The lowest BCUT2D eigenvalue weighted by molar-refractivity contribution is -0.121. The number of para-hydroxylation sites is 1. The van der Waals surface area contributed by atoms with Crippen LogP contribution < -0.4 is 10.9 Å². The minimum absolute atomic E-state index is 0.0114. The highest BCUT2D eigenvalue weighted by Gasteiger charge is 2.16. The molecule has 7 nitrogen and oxygen atoms in total. The van der Waals surface area contributed by atoms with Crippen LogP contribution in [0.4, 0.5) is 0 Å². The van der Waals surface area contributed by atoms with Gasteiger partial charge >= 0.3 is 0 Å². The van der Waals surface area contributed by atoms with Crippen LogP contribution in [0.2, 0.25) is 5.02 Å². The van der Waals surface area contributed by atoms with E-state index in [1.165, 1.54) is 11.3 Å². The van der Waals surface area contributed by atoms with Gasteiger partial charge in [0, 0.05) is 22.5 Å². The van der Waals surface area contributed by atoms with Gasteiger partial charge in [0.25, 0.3) is 5.91 Å². The molecule has 0 fully saturated rings. The Kier molecular flexibility index (Phi) is 6.47. The van der Waals surface area contributed by atoms with Crippen molar-refractivity contribution in [2.75, 3.05) is 0 Å². The van der Waals surface area contributed by atoms with Gasteiger partial charge in [0.2, 0.25) is 5.91 Å². The van der Waals surface area contributed by atoms with Gasteiger partial charge in [-0.1, -0.05) is 54.1 Å². The molecule has 3 aromatic heterocycles. The normalized spacial score (nSPS) is 10.8. The Bertz CT molecular complexity index is 1540. The third-order valence-electron chi connectivity index (χ3n) is 5.20. The van der Waals surface area contributed by atoms with E-state index < -0.39 is 11.8 Å². The van der Waals surface area contributed by atoms with Gasteiger partial charge in [-0.15, -0.1) is 11.3 Å². The molecule has 2 amide bonds. The van der Waals surface area contributed by atoms with Gasteiger partial charge in [-0.05, 0) is 30.3 Å². The largest absolute Gasteiger partial charge is 0.273 e. The predicted molar refractivity (Wildman–Crippen MR) is 137 cm³/mol. The van der Waals surface area contributed by atoms with Crippen molar-refractivity contribution in [1.82, 2.24) is 25.8 Å². The van der Waals surface area contributed by atoms with Crippen LogP contribution in [0, 0.1) is 0 Å². The second kappa shape index (κ2) is 10.0. The Hall–Kier alpha value is -4.14. The van der Waals surface area contributed by atoms with Crippen molar-refractivity contribution >= 4 is 45.7 Å². The molecule has 0 saturated heterocycles. The summed E-state index contributed by atoms with van der Waals surface area (Å²) in [5, 5.41) is 3.80. The highest BCUT2D eigenvalue weighted by Crippen LogP contribution is 2.30. The fourth-order valence-electron chi connectivity index (χ4n) is 3.56. The molecule has 172 valence electrons. The first-order chi connectivity index (χ1) is 17.1. The van der Waals surface area contributed by atoms with Gasteiger partial charge in [0.05, 0.1) is 39.6 Å². The number of aromatic nitrogens is 3. The monoisotopic (exact) mass is 499 g/mol. The Morgan fingerprint density at radius 2 is 1.69 bits per heavy atom. The zero-order valence-corrected chi connectivity index (χ0v) is 19.8. The fourth-order valence-corrected chi connectivity index (χ4v) is 4.70. The number of benzene rings is 2. The summed E-state index contributed by atoms with van der Waals surface area (Å²) in [7, 11) is 0. The lowest BCUT2D eigenvalue weighted by atomic mass is 10.1. The molecule has 0 spiro atoms. The smallest absolute Gasteiger partial charge is 0.270 e. The molecule has 35 heavy (non-hydrogen) atoms. The summed E-state index contributed by atoms with van der Waals surface area (Å²) in [5.41, 5.74) is 8.63. The number of carbonyl (C=O) groups is 2. The number of nitrogens with one attached hydrogen (secondary N) is 2. The number of fused-ring (bicyclic) bond motifs is 1. The standard InChI is InChI=1S/C26H18ClN5O2S/c27-20-9-3-1-8-18(20)26-29-16(15-35-26)13-24(33)31-32-25(34)19-14-23(22-11-5-6-12-28-22)30-21-10-4-2-7-17(19)21/h1-12,14-15H,13H2,(H,31,33)(H,32,34). The third-order valence-corrected chi connectivity index (χ3v) is 6.46. The summed E-state index contributed by atoms with van der Waals surface area (Å²) >= 11 is 7.64. The number of amides is 2. The van der Waals surface area contributed by atoms with Crippen molar-refractivity contribution in [2.45, 2.75) is 6.42 Å². The average molecular weight is 500 g/mol. The maximum atomic E-state index is 13.0. The maximum Gasteiger partial charge on any atom is 0.270 e. The van der Waals surface area contributed by atoms with Gasteiger partial charge in [0.15, 0.2) is 0 Å². The van der Waals surface area contributed by atoms with Crippen LogP contribution in [-0.4, -0.2) is 26.8 Å². The molecule has 5 aromatic rings. The Labute approximate surface area is 209 Å². The zero-order valence-electron chi connectivity index (χ0n) is 18.2. The number of carbonyl (C=O) groups excluding carboxylic acids is 2. The van der Waals surface area contributed by atoms with Crippen LogP contribution >= 0.6 is 22.9 Å². The van der Waals surface area contributed by atoms with Gasteiger partial charge in [-0.25, -0.2) is 9.97 Å². The molecule has 0 radical (unpaired) electrons. The quantitative estimate of drug-likeness (QED) is 0.329. The molecule has 0 aliphatic carbocycles. The average Bonchev–Trinajstić information content (AvgIpc) is 3.35. The van der Waals surface area contributed by atoms with E-state index in [1.54, 1.807) is 23.7 Å². The highest BCUT2D eigenvalue weighted by molar-refractivity contribution is 7.13. The molecule has 2 aromatic carbocycles. The molecule has 0 aliphatic rings. The van der Waals surface area contributed by atoms with E-state index in [0.717, 1.165) is 10.6 Å². The molecular formula is C26H18ClN5O2S. The van der Waals surface area contributed by atoms with Crippen molar-refractivity contribution in [2.24, 2.45) is 0 Å². The number of halogens is 1. The van der Waals surface area contributed by atoms with E-state index in [1.807, 2.05) is 60.7 Å². The molecule has 0 atom stereocenters. The summed E-state index contributed by atoms with van der Waals surface area (Å²) in [6.07, 6.45) is 1.68. The first-order valence-corrected chi connectivity index (χ1v) is 11.9. The number of hydrogen-bond donors (Lipinski definition) is 2. The van der Waals surface area contributed by atoms with E-state index in [2.05, 4.69) is 25.8 Å². The summed E-state index contributed by atoms with van der Waals surface area (Å²) in [5.74, 6) is -0.846. The number of hydrazine groups is 1. The van der Waals surface area contributed by atoms with Crippen molar-refractivity contribution in [3.05, 3.63) is 101 Å². The van der Waals surface area contributed by atoms with E-state index in [-0.39, 0.29) is 6.42 Å². The molecule has 9 heteroatoms. The maximum absolute atomic E-state index is 13.0. The topological polar surface area (TPSA) is 96.9 Å². The van der Waals surface area contributed by atoms with Crippen molar-refractivity contribution < 1.29 is 9.59 Å². The first-order valence-electron chi connectivity index (χ1n) is 10.7. The molecule has 2 N–H and O–H groups in total. The van der Waals surface area contributed by atoms with Crippen LogP contribution in [0.25, 0.3) is 32.9 Å². The molecule has 0 aliphatic heterocycles. The van der Waals surface area contributed by atoms with E-state index in [4.69, 9.17) is 11.6 Å².